The zero-order valence-electron chi connectivity index (χ0n) is 70.7. The Hall–Kier alpha value is -5.02. The molecule has 10 saturated heterocycles. The maximum Gasteiger partial charge on any atom is 0.364 e. The molecule has 0 bridgehead atoms. The van der Waals surface area contributed by atoms with Gasteiger partial charge in [-0.05, 0) is 6.92 Å². The molecular weight excluding hydrogens is 1790 g/mol. The Kier molecular flexibility index (Phi) is 38.4. The summed E-state index contributed by atoms with van der Waals surface area (Å²) >= 11 is 0. The maximum absolute atomic E-state index is 13.3. The van der Waals surface area contributed by atoms with Crippen molar-refractivity contribution in [1.29, 1.82) is 0 Å². The van der Waals surface area contributed by atoms with E-state index in [0.717, 1.165) is 34.6 Å². The van der Waals surface area contributed by atoms with Crippen LogP contribution >= 0.6 is 0 Å². The Morgan fingerprint density at radius 1 is 0.328 bits per heavy atom. The van der Waals surface area contributed by atoms with E-state index in [9.17, 15) is 172 Å². The van der Waals surface area contributed by atoms with Gasteiger partial charge in [0.2, 0.25) is 29.5 Å². The molecule has 0 aromatic rings. The number of aliphatic carboxylic acids is 1. The van der Waals surface area contributed by atoms with Crippen molar-refractivity contribution in [2.75, 3.05) is 59.5 Å². The molecule has 5 amide bonds. The summed E-state index contributed by atoms with van der Waals surface area (Å²) in [6.07, 6.45) is -98.6. The van der Waals surface area contributed by atoms with Crippen LogP contribution in [0.1, 0.15) is 48.0 Å². The number of carboxylic acid groups (broad SMARTS) is 1. The molecule has 51 atom stereocenters. The van der Waals surface area contributed by atoms with Gasteiger partial charge in [0, 0.05) is 41.0 Å². The number of aliphatic hydroxyl groups excluding tert-OH is 27. The van der Waals surface area contributed by atoms with Crippen molar-refractivity contribution >= 4 is 35.5 Å². The summed E-state index contributed by atoms with van der Waals surface area (Å²) in [4.78, 5) is 77.2. The number of aliphatic hydroxyl groups is 27. The minimum Gasteiger partial charge on any atom is -0.477 e. The lowest BCUT2D eigenvalue weighted by atomic mass is 9.88. The molecule has 10 unspecified atom stereocenters. The van der Waals surface area contributed by atoms with Crippen LogP contribution in [0.4, 0.5) is 0 Å². The SMILES string of the molecule is CC(=O)N[C@H]1[C@H]([C@H](O)[C@H](O)CO)OC(O[C@H]2[C@@H](O)[C@@H](CO)OC(O[C@H]3[C@H](O)[C@@H](NC(C)=O)C(O[C@@H]4C(O[C@H]5[C@H](O)[C@@H](COC6O[C@H](CO)[C@@H](O)[C@H](O)[C@@H]6OC6O[C@H](CO)[C@@H](O)[C@H](O)[C@H]6NC(C)=O)OC(O[C@H]6[C@H](O)[C@@H](NC(C)=O)C(O[C@H]7[C@H](O)[C@@H](NC(C)=O)C(O)O[C@@H]7COC7O[C@@H](C)[C@@H](O)[C@@H](O)[C@@H]7O)O[C@@H]6CO)[C@H]5O)O[C@H](CO)[C@@H](O)[C@@H]4O)O[C@@H]3CO)[C@@H]2O)(C(=O)O)C[C@@H]1O. The highest BCUT2D eigenvalue weighted by molar-refractivity contribution is 5.77. The van der Waals surface area contributed by atoms with Crippen LogP contribution < -0.4 is 26.6 Å². The van der Waals surface area contributed by atoms with Gasteiger partial charge in [-0.1, -0.05) is 0 Å². The summed E-state index contributed by atoms with van der Waals surface area (Å²) in [6.45, 7) is -4.61. The van der Waals surface area contributed by atoms with Gasteiger partial charge in [-0.2, -0.15) is 0 Å². The number of carbonyl (C=O) groups excluding carboxylic acids is 5. The molecule has 0 aromatic carbocycles. The van der Waals surface area contributed by atoms with E-state index >= 15 is 0 Å². The molecule has 10 aliphatic heterocycles. The predicted molar refractivity (Wildman–Crippen MR) is 403 cm³/mol. The number of nitrogens with one attached hydrogen (secondary N) is 5. The van der Waals surface area contributed by atoms with Gasteiger partial charge >= 0.3 is 5.97 Å². The van der Waals surface area contributed by atoms with Crippen molar-refractivity contribution in [2.24, 2.45) is 0 Å². The molecule has 10 heterocycles. The Morgan fingerprint density at radius 2 is 0.679 bits per heavy atom. The number of hydrogen-bond donors (Lipinski definition) is 33. The summed E-state index contributed by atoms with van der Waals surface area (Å²) in [5, 5.41) is 327. The average Bonchev–Trinajstić information content (AvgIpc) is 0.739. The third-order valence-corrected chi connectivity index (χ3v) is 23.8. The topological polar surface area (TPSA) is 904 Å². The van der Waals surface area contributed by atoms with Crippen LogP contribution in [0.25, 0.3) is 0 Å². The Balaban J connectivity index is 0.975. The molecule has 58 nitrogen and oxygen atoms in total. The number of rotatable bonds is 35. The normalized spacial score (nSPS) is 47.5. The zero-order chi connectivity index (χ0) is 96.9. The molecule has 0 aliphatic carbocycles. The van der Waals surface area contributed by atoms with Gasteiger partial charge in [-0.3, -0.25) is 24.0 Å². The number of carboxylic acids is 1. The number of ether oxygens (including phenoxy) is 19. The van der Waals surface area contributed by atoms with Crippen LogP contribution in [0.5, 0.6) is 0 Å². The highest BCUT2D eigenvalue weighted by Crippen LogP contribution is 2.43. The minimum atomic E-state index is -3.33. The van der Waals surface area contributed by atoms with E-state index in [1.807, 2.05) is 0 Å². The predicted octanol–water partition coefficient (Wildman–Crippen LogP) is -21.9. The van der Waals surface area contributed by atoms with Crippen LogP contribution in [0.15, 0.2) is 0 Å². The molecule has 0 aromatic heterocycles. The van der Waals surface area contributed by atoms with Crippen LogP contribution in [-0.2, 0) is 119 Å². The van der Waals surface area contributed by atoms with E-state index in [0.29, 0.717) is 0 Å². The van der Waals surface area contributed by atoms with Crippen molar-refractivity contribution in [1.82, 2.24) is 26.6 Å². The van der Waals surface area contributed by atoms with Crippen molar-refractivity contribution in [3.8, 4) is 0 Å². The summed E-state index contributed by atoms with van der Waals surface area (Å²) < 4.78 is 113. The van der Waals surface area contributed by atoms with E-state index in [-0.39, 0.29) is 0 Å². The first kappa shape index (κ1) is 108. The maximum atomic E-state index is 13.3. The standard InChI is InChI=1S/C73H121N5O53/c1-17-38(93)49(104)52(107)67(115-17)113-16-32-57(46(101)34(63(110)116-32)75-19(3)87)124-65-36(77-21(5)89)47(102)55(29(13-84)121-65)125-68-53(108)59(44(99)31(123-68)15-114-70-61(50(105)41(96)26(10-81)119-70)128-64-35(76-20(4)88)45(100)40(95)25(9-80)117-64)127-71-62(51(106)42(97)27(11-82)120-71)129-66-37(78-22(6)90)48(103)56(30(14-85)122-66)126-69-54(109)60(43(98)28(12-83)118-69)131-73(72(111)112)7-23(91)33(74-18(2)86)58(130-73)39(94)24(92)8-79/h17,23-71,79-85,91-110H,7-16H2,1-6H3,(H,74,86)(H,75,87)(H,76,88)(H,77,89)(H,78,90)(H,111,112)/t17-,23-,24+,25+,26+,27+,28+,29+,30+,31+,32+,33+,34+,35+,36+,37+,38+,39+,40+,41+,42+,43-,44+,45+,46+,47+,48+,49+,50-,51-,52-,53-,54+,55+,56+,57+,58+,59-,60-,61-,62-,63?,64?,65?,66?,67?,68?,69?,70?,71?,73?/m0/s1. The number of carbonyl (C=O) groups is 6. The van der Waals surface area contributed by atoms with E-state index in [1.165, 1.54) is 6.92 Å². The molecule has 0 spiro atoms. The molecule has 0 saturated carbocycles. The molecule has 10 aliphatic rings. The summed E-state index contributed by atoms with van der Waals surface area (Å²) in [6, 6.07) is -9.52. The lowest BCUT2D eigenvalue weighted by Gasteiger charge is -2.51. The van der Waals surface area contributed by atoms with Crippen LogP contribution in [0, 0.1) is 0 Å². The minimum absolute atomic E-state index is 0.854. The zero-order valence-corrected chi connectivity index (χ0v) is 70.7. The van der Waals surface area contributed by atoms with Crippen LogP contribution in [0.3, 0.4) is 0 Å². The molecule has 10 fully saturated rings. The van der Waals surface area contributed by atoms with Crippen molar-refractivity contribution in [3.63, 3.8) is 0 Å². The first-order valence-corrected chi connectivity index (χ1v) is 41.6. The van der Waals surface area contributed by atoms with Crippen molar-refractivity contribution in [2.45, 2.75) is 360 Å². The number of hydrogen-bond acceptors (Lipinski definition) is 52. The van der Waals surface area contributed by atoms with E-state index < -0.39 is 414 Å². The fourth-order valence-electron chi connectivity index (χ4n) is 16.9. The molecule has 10 rings (SSSR count). The van der Waals surface area contributed by atoms with Crippen molar-refractivity contribution in [3.05, 3.63) is 0 Å². The van der Waals surface area contributed by atoms with Gasteiger partial charge in [0.1, 0.15) is 232 Å². The molecule has 756 valence electrons. The number of amides is 5. The monoisotopic (exact) mass is 1920 g/mol. The van der Waals surface area contributed by atoms with Gasteiger partial charge in [-0.15, -0.1) is 0 Å². The Labute approximate surface area is 741 Å². The van der Waals surface area contributed by atoms with Crippen LogP contribution in [-0.4, -0.2) is 550 Å². The fraction of sp³-hybridized carbons (Fsp3) is 0.918. The lowest BCUT2D eigenvalue weighted by molar-refractivity contribution is -0.401. The van der Waals surface area contributed by atoms with Crippen molar-refractivity contribution < 1.29 is 262 Å². The quantitative estimate of drug-likeness (QED) is 0.0280. The molecule has 131 heavy (non-hydrogen) atoms. The van der Waals surface area contributed by atoms with Crippen LogP contribution in [0.2, 0.25) is 0 Å². The second-order valence-corrected chi connectivity index (χ2v) is 33.2. The second-order valence-electron chi connectivity index (χ2n) is 33.2. The molecule has 33 N–H and O–H groups in total. The highest BCUT2D eigenvalue weighted by atomic mass is 16.8. The third kappa shape index (κ3) is 24.1. The largest absolute Gasteiger partial charge is 0.477 e. The van der Waals surface area contributed by atoms with E-state index in [4.69, 9.17) is 90.0 Å². The smallest absolute Gasteiger partial charge is 0.364 e. The molecular formula is C73H121N5O53. The third-order valence-electron chi connectivity index (χ3n) is 23.8. The highest BCUT2D eigenvalue weighted by Gasteiger charge is 2.64. The first-order valence-electron chi connectivity index (χ1n) is 41.6. The van der Waals surface area contributed by atoms with Gasteiger partial charge in [-0.25, -0.2) is 4.79 Å². The second kappa shape index (κ2) is 46.6. The molecule has 0 radical (unpaired) electrons. The summed E-state index contributed by atoms with van der Waals surface area (Å²) in [5.41, 5.74) is 0. The van der Waals surface area contributed by atoms with Gasteiger partial charge in [0.15, 0.2) is 56.6 Å². The van der Waals surface area contributed by atoms with E-state index in [2.05, 4.69) is 26.6 Å². The fourth-order valence-corrected chi connectivity index (χ4v) is 16.9. The van der Waals surface area contributed by atoms with Gasteiger partial charge in [0.05, 0.1) is 77.7 Å². The first-order chi connectivity index (χ1) is 61.7. The van der Waals surface area contributed by atoms with Gasteiger partial charge < -0.3 is 260 Å². The lowest BCUT2D eigenvalue weighted by Crippen LogP contribution is -2.71. The summed E-state index contributed by atoms with van der Waals surface area (Å²) in [5.74, 6) is -10.2. The Bertz CT molecular complexity index is 3670. The van der Waals surface area contributed by atoms with Gasteiger partial charge in [0.25, 0.3) is 5.79 Å². The van der Waals surface area contributed by atoms with E-state index in [1.54, 1.807) is 0 Å². The Morgan fingerprint density at radius 3 is 1.15 bits per heavy atom. The molecule has 58 heteroatoms. The average molecular weight is 1920 g/mol. The summed E-state index contributed by atoms with van der Waals surface area (Å²) in [7, 11) is 0.